The first-order valence-corrected chi connectivity index (χ1v) is 10.6. The minimum Gasteiger partial charge on any atom is -0.480 e. The summed E-state index contributed by atoms with van der Waals surface area (Å²) >= 11 is 5.80. The quantitative estimate of drug-likeness (QED) is 0.679. The van der Waals surface area contributed by atoms with Gasteiger partial charge in [0.15, 0.2) is 0 Å². The van der Waals surface area contributed by atoms with Crippen molar-refractivity contribution in [3.05, 3.63) is 64.7 Å². The number of aliphatic carboxylic acids is 1. The van der Waals surface area contributed by atoms with Crippen molar-refractivity contribution in [3.63, 3.8) is 0 Å². The van der Waals surface area contributed by atoms with Gasteiger partial charge in [0, 0.05) is 12.1 Å². The first kappa shape index (κ1) is 21.4. The molecule has 2 rings (SSSR count). The Kier molecular flexibility index (Phi) is 7.41. The molecule has 0 saturated carbocycles. The minimum absolute atomic E-state index is 0.00978. The molecule has 0 aliphatic rings. The molecule has 0 radical (unpaired) electrons. The molecule has 0 fully saturated rings. The third kappa shape index (κ3) is 5.54. The SMILES string of the molecule is CCCCc1ccc(C[C@@H](C(=O)O)N(C)S(=O)(=O)c2ccc(Cl)cc2)cc1. The van der Waals surface area contributed by atoms with Crippen LogP contribution in [0.3, 0.4) is 0 Å². The van der Waals surface area contributed by atoms with E-state index in [1.807, 2.05) is 24.3 Å². The lowest BCUT2D eigenvalue weighted by molar-refractivity contribution is -0.141. The predicted molar refractivity (Wildman–Crippen MR) is 107 cm³/mol. The third-order valence-electron chi connectivity index (χ3n) is 4.49. The van der Waals surface area contributed by atoms with E-state index >= 15 is 0 Å². The molecule has 2 aromatic carbocycles. The molecule has 0 amide bonds. The normalized spacial score (nSPS) is 12.9. The number of carboxylic acid groups (broad SMARTS) is 1. The van der Waals surface area contributed by atoms with Crippen LogP contribution in [0, 0.1) is 0 Å². The highest BCUT2D eigenvalue weighted by Crippen LogP contribution is 2.21. The number of rotatable bonds is 9. The molecule has 0 spiro atoms. The Hall–Kier alpha value is -1.89. The van der Waals surface area contributed by atoms with Gasteiger partial charge in [-0.15, -0.1) is 0 Å². The largest absolute Gasteiger partial charge is 0.480 e. The van der Waals surface area contributed by atoms with Crippen LogP contribution < -0.4 is 0 Å². The lowest BCUT2D eigenvalue weighted by atomic mass is 10.0. The summed E-state index contributed by atoms with van der Waals surface area (Å²) in [6.07, 6.45) is 3.27. The van der Waals surface area contributed by atoms with Crippen molar-refractivity contribution in [3.8, 4) is 0 Å². The van der Waals surface area contributed by atoms with E-state index in [-0.39, 0.29) is 11.3 Å². The number of nitrogens with zero attached hydrogens (tertiary/aromatic N) is 1. The molecule has 0 unspecified atom stereocenters. The van der Waals surface area contributed by atoms with E-state index in [0.717, 1.165) is 29.1 Å². The van der Waals surface area contributed by atoms with Gasteiger partial charge < -0.3 is 5.11 Å². The van der Waals surface area contributed by atoms with Crippen LogP contribution in [0.4, 0.5) is 0 Å². The second-order valence-electron chi connectivity index (χ2n) is 6.45. The van der Waals surface area contributed by atoms with E-state index < -0.39 is 22.0 Å². The zero-order chi connectivity index (χ0) is 20.0. The van der Waals surface area contributed by atoms with Crippen LogP contribution in [-0.4, -0.2) is 36.9 Å². The summed E-state index contributed by atoms with van der Waals surface area (Å²) < 4.78 is 26.4. The second kappa shape index (κ2) is 9.35. The fourth-order valence-corrected chi connectivity index (χ4v) is 4.20. The summed E-state index contributed by atoms with van der Waals surface area (Å²) in [4.78, 5) is 11.8. The van der Waals surface area contributed by atoms with Gasteiger partial charge >= 0.3 is 5.97 Å². The Morgan fingerprint density at radius 3 is 2.15 bits per heavy atom. The van der Waals surface area contributed by atoms with Crippen LogP contribution >= 0.6 is 11.6 Å². The molecule has 0 saturated heterocycles. The average molecular weight is 410 g/mol. The summed E-state index contributed by atoms with van der Waals surface area (Å²) in [7, 11) is -2.66. The van der Waals surface area contributed by atoms with Gasteiger partial charge in [-0.25, -0.2) is 8.42 Å². The number of hydrogen-bond donors (Lipinski definition) is 1. The molecular weight excluding hydrogens is 386 g/mol. The number of likely N-dealkylation sites (N-methyl/N-ethyl adjacent to an activating group) is 1. The maximum Gasteiger partial charge on any atom is 0.322 e. The van der Waals surface area contributed by atoms with E-state index in [4.69, 9.17) is 11.6 Å². The molecule has 7 heteroatoms. The van der Waals surface area contributed by atoms with Gasteiger partial charge in [0.1, 0.15) is 6.04 Å². The molecule has 0 aliphatic heterocycles. The maximum absolute atomic E-state index is 12.8. The van der Waals surface area contributed by atoms with E-state index in [0.29, 0.717) is 5.02 Å². The first-order chi connectivity index (χ1) is 12.8. The van der Waals surface area contributed by atoms with E-state index in [1.165, 1.54) is 36.9 Å². The van der Waals surface area contributed by atoms with Crippen molar-refractivity contribution < 1.29 is 18.3 Å². The van der Waals surface area contributed by atoms with Crippen LogP contribution in [0.2, 0.25) is 5.02 Å². The number of hydrogen-bond acceptors (Lipinski definition) is 3. The number of benzene rings is 2. The summed E-state index contributed by atoms with van der Waals surface area (Å²) in [6.45, 7) is 2.13. The molecule has 0 aliphatic carbocycles. The average Bonchev–Trinajstić information content (AvgIpc) is 2.65. The molecule has 0 aromatic heterocycles. The Morgan fingerprint density at radius 2 is 1.63 bits per heavy atom. The highest BCUT2D eigenvalue weighted by Gasteiger charge is 2.32. The van der Waals surface area contributed by atoms with Gasteiger partial charge in [-0.05, 0) is 54.7 Å². The van der Waals surface area contributed by atoms with Crippen molar-refractivity contribution in [2.45, 2.75) is 43.5 Å². The van der Waals surface area contributed by atoms with Crippen molar-refractivity contribution in [2.75, 3.05) is 7.05 Å². The molecule has 0 heterocycles. The van der Waals surface area contributed by atoms with Gasteiger partial charge in [-0.1, -0.05) is 49.2 Å². The zero-order valence-corrected chi connectivity index (χ0v) is 17.0. The number of carbonyl (C=O) groups is 1. The molecule has 146 valence electrons. The van der Waals surface area contributed by atoms with Crippen LogP contribution in [0.15, 0.2) is 53.4 Å². The molecule has 27 heavy (non-hydrogen) atoms. The minimum atomic E-state index is -3.95. The zero-order valence-electron chi connectivity index (χ0n) is 15.4. The second-order valence-corrected chi connectivity index (χ2v) is 8.89. The highest BCUT2D eigenvalue weighted by molar-refractivity contribution is 7.89. The van der Waals surface area contributed by atoms with Crippen molar-refractivity contribution in [1.82, 2.24) is 4.31 Å². The number of unbranched alkanes of at least 4 members (excludes halogenated alkanes) is 1. The van der Waals surface area contributed by atoms with E-state index in [2.05, 4.69) is 6.92 Å². The number of carboxylic acids is 1. The standard InChI is InChI=1S/C20H24ClNO4S/c1-3-4-5-15-6-8-16(9-7-15)14-19(20(23)24)22(2)27(25,26)18-12-10-17(21)11-13-18/h6-13,19H,3-5,14H2,1-2H3,(H,23,24)/t19-/m0/s1. The Morgan fingerprint density at radius 1 is 1.07 bits per heavy atom. The van der Waals surface area contributed by atoms with Crippen LogP contribution in [0.25, 0.3) is 0 Å². The van der Waals surface area contributed by atoms with Crippen molar-refractivity contribution in [1.29, 1.82) is 0 Å². The van der Waals surface area contributed by atoms with E-state index in [1.54, 1.807) is 0 Å². The van der Waals surface area contributed by atoms with Gasteiger partial charge in [-0.2, -0.15) is 4.31 Å². The fraction of sp³-hybridized carbons (Fsp3) is 0.350. The van der Waals surface area contributed by atoms with E-state index in [9.17, 15) is 18.3 Å². The molecule has 5 nitrogen and oxygen atoms in total. The van der Waals surface area contributed by atoms with Gasteiger partial charge in [0.25, 0.3) is 0 Å². The summed E-state index contributed by atoms with van der Waals surface area (Å²) in [5.74, 6) is -1.19. The number of aryl methyl sites for hydroxylation is 1. The summed E-state index contributed by atoms with van der Waals surface area (Å²) in [6, 6.07) is 12.1. The highest BCUT2D eigenvalue weighted by atomic mass is 35.5. The molecule has 1 N–H and O–H groups in total. The lowest BCUT2D eigenvalue weighted by Gasteiger charge is -2.24. The van der Waals surface area contributed by atoms with Crippen molar-refractivity contribution >= 4 is 27.6 Å². The van der Waals surface area contributed by atoms with Gasteiger partial charge in [0.05, 0.1) is 4.90 Å². The Labute approximate surface area is 165 Å². The fourth-order valence-electron chi connectivity index (χ4n) is 2.76. The Bertz CT molecular complexity index is 864. The number of sulfonamides is 1. The number of halogens is 1. The van der Waals surface area contributed by atoms with Crippen LogP contribution in [0.1, 0.15) is 30.9 Å². The van der Waals surface area contributed by atoms with Crippen LogP contribution in [0.5, 0.6) is 0 Å². The lowest BCUT2D eigenvalue weighted by Crippen LogP contribution is -2.43. The molecule has 0 bridgehead atoms. The molecule has 2 aromatic rings. The summed E-state index contributed by atoms with van der Waals surface area (Å²) in [5, 5.41) is 10.0. The van der Waals surface area contributed by atoms with Gasteiger partial charge in [0.2, 0.25) is 10.0 Å². The predicted octanol–water partition coefficient (Wildman–Crippen LogP) is 4.00. The van der Waals surface area contributed by atoms with Gasteiger partial charge in [-0.3, -0.25) is 4.79 Å². The monoisotopic (exact) mass is 409 g/mol. The molecular formula is C20H24ClNO4S. The summed E-state index contributed by atoms with van der Waals surface area (Å²) in [5.41, 5.74) is 1.97. The van der Waals surface area contributed by atoms with Crippen LogP contribution in [-0.2, 0) is 27.7 Å². The smallest absolute Gasteiger partial charge is 0.322 e. The molecule has 1 atom stereocenters. The Balaban J connectivity index is 2.21. The maximum atomic E-state index is 12.8. The first-order valence-electron chi connectivity index (χ1n) is 8.80. The third-order valence-corrected chi connectivity index (χ3v) is 6.62. The topological polar surface area (TPSA) is 74.7 Å². The van der Waals surface area contributed by atoms with Crippen molar-refractivity contribution in [2.24, 2.45) is 0 Å².